The summed E-state index contributed by atoms with van der Waals surface area (Å²) in [6.07, 6.45) is 21.5. The van der Waals surface area contributed by atoms with E-state index in [0.29, 0.717) is 0 Å². The SMILES string of the molecule is Pc1cccc(C2CCCCC2)c1C1CCCCC1.c1ccc(P(c2ccccc2)C2CCCCC2)cc1. The lowest BCUT2D eigenvalue weighted by Gasteiger charge is -2.31. The van der Waals surface area contributed by atoms with Crippen molar-refractivity contribution in [3.05, 3.63) is 90.0 Å². The molecule has 3 saturated carbocycles. The molecule has 3 aromatic rings. The molecule has 0 saturated heterocycles. The molecule has 0 aliphatic heterocycles. The van der Waals surface area contributed by atoms with Gasteiger partial charge in [-0.1, -0.05) is 137 Å². The monoisotopic (exact) mass is 542 g/mol. The minimum atomic E-state index is -0.169. The van der Waals surface area contributed by atoms with Gasteiger partial charge in [-0.05, 0) is 91.0 Å². The first-order chi connectivity index (χ1) is 18.8. The summed E-state index contributed by atoms with van der Waals surface area (Å²) in [4.78, 5) is 0. The highest BCUT2D eigenvalue weighted by molar-refractivity contribution is 7.73. The van der Waals surface area contributed by atoms with E-state index in [9.17, 15) is 0 Å². The molecule has 38 heavy (non-hydrogen) atoms. The van der Waals surface area contributed by atoms with Crippen LogP contribution in [0.4, 0.5) is 0 Å². The summed E-state index contributed by atoms with van der Waals surface area (Å²) in [6, 6.07) is 29.3. The molecule has 0 bridgehead atoms. The quantitative estimate of drug-likeness (QED) is 0.282. The predicted molar refractivity (Wildman–Crippen MR) is 173 cm³/mol. The predicted octanol–water partition coefficient (Wildman–Crippen LogP) is 9.73. The Kier molecular flexibility index (Phi) is 10.9. The Labute approximate surface area is 236 Å². The van der Waals surface area contributed by atoms with Gasteiger partial charge in [0.1, 0.15) is 0 Å². The van der Waals surface area contributed by atoms with Gasteiger partial charge in [-0.15, -0.1) is 9.24 Å². The first-order valence-electron chi connectivity index (χ1n) is 15.6. The van der Waals surface area contributed by atoms with Crippen molar-refractivity contribution in [2.75, 3.05) is 0 Å². The van der Waals surface area contributed by atoms with Crippen molar-refractivity contribution < 1.29 is 0 Å². The molecular formula is C36H48P2. The minimum Gasteiger partial charge on any atom is -0.105 e. The van der Waals surface area contributed by atoms with Crippen LogP contribution < -0.4 is 15.9 Å². The lowest BCUT2D eigenvalue weighted by Crippen LogP contribution is -2.23. The molecule has 3 aliphatic rings. The number of hydrogen-bond acceptors (Lipinski definition) is 0. The fourth-order valence-corrected chi connectivity index (χ4v) is 10.8. The van der Waals surface area contributed by atoms with Crippen LogP contribution in [0.5, 0.6) is 0 Å². The third-order valence-corrected chi connectivity index (χ3v) is 12.7. The van der Waals surface area contributed by atoms with Crippen molar-refractivity contribution in [2.24, 2.45) is 0 Å². The molecule has 2 heteroatoms. The summed E-state index contributed by atoms with van der Waals surface area (Å²) in [5, 5.41) is 4.58. The molecule has 0 N–H and O–H groups in total. The Morgan fingerprint density at radius 3 is 1.47 bits per heavy atom. The molecule has 6 rings (SSSR count). The zero-order valence-electron chi connectivity index (χ0n) is 23.4. The summed E-state index contributed by atoms with van der Waals surface area (Å²) >= 11 is 0. The van der Waals surface area contributed by atoms with Gasteiger partial charge >= 0.3 is 0 Å². The van der Waals surface area contributed by atoms with Gasteiger partial charge in [0.15, 0.2) is 0 Å². The Balaban J connectivity index is 0.000000155. The van der Waals surface area contributed by atoms with Crippen LogP contribution in [0.25, 0.3) is 0 Å². The van der Waals surface area contributed by atoms with E-state index in [2.05, 4.69) is 88.1 Å². The van der Waals surface area contributed by atoms with Gasteiger partial charge in [-0.2, -0.15) is 0 Å². The Morgan fingerprint density at radius 2 is 0.947 bits per heavy atom. The van der Waals surface area contributed by atoms with Crippen molar-refractivity contribution >= 4 is 33.1 Å². The molecule has 0 amide bonds. The lowest BCUT2D eigenvalue weighted by molar-refractivity contribution is 0.420. The largest absolute Gasteiger partial charge is 0.105 e. The first-order valence-corrected chi connectivity index (χ1v) is 17.6. The summed E-state index contributed by atoms with van der Waals surface area (Å²) < 4.78 is 0. The molecule has 3 aliphatic carbocycles. The van der Waals surface area contributed by atoms with Gasteiger partial charge in [0, 0.05) is 0 Å². The van der Waals surface area contributed by atoms with E-state index in [1.807, 2.05) is 0 Å². The second-order valence-corrected chi connectivity index (χ2v) is 15.0. The van der Waals surface area contributed by atoms with Crippen LogP contribution in [0.15, 0.2) is 78.9 Å². The van der Waals surface area contributed by atoms with Crippen LogP contribution in [0, 0.1) is 0 Å². The van der Waals surface area contributed by atoms with Crippen LogP contribution in [0.2, 0.25) is 0 Å². The van der Waals surface area contributed by atoms with E-state index in [0.717, 1.165) is 17.5 Å². The van der Waals surface area contributed by atoms with Crippen LogP contribution in [0.1, 0.15) is 119 Å². The fraction of sp³-hybridized carbons (Fsp3) is 0.500. The van der Waals surface area contributed by atoms with E-state index in [4.69, 9.17) is 0 Å². The zero-order valence-corrected chi connectivity index (χ0v) is 25.4. The van der Waals surface area contributed by atoms with E-state index in [1.54, 1.807) is 21.7 Å². The summed E-state index contributed by atoms with van der Waals surface area (Å²) in [7, 11) is 2.84. The smallest absolute Gasteiger partial charge is 0.0129 e. The third kappa shape index (κ3) is 7.38. The van der Waals surface area contributed by atoms with Crippen LogP contribution >= 0.6 is 17.2 Å². The van der Waals surface area contributed by atoms with Crippen LogP contribution in [-0.4, -0.2) is 5.66 Å². The highest BCUT2D eigenvalue weighted by Crippen LogP contribution is 2.46. The molecule has 202 valence electrons. The maximum Gasteiger partial charge on any atom is -0.0129 e. The maximum absolute atomic E-state index is 3.01. The molecule has 1 unspecified atom stereocenters. The summed E-state index contributed by atoms with van der Waals surface area (Å²) in [6.45, 7) is 0. The van der Waals surface area contributed by atoms with Gasteiger partial charge in [-0.3, -0.25) is 0 Å². The average molecular weight is 543 g/mol. The third-order valence-electron chi connectivity index (χ3n) is 9.24. The van der Waals surface area contributed by atoms with Crippen molar-refractivity contribution in [2.45, 2.75) is 114 Å². The standard InChI is InChI=1S/C18H21P.C18H27P/c1-4-10-16(11-5-1)19(17-12-6-2-7-13-17)18-14-8-3-9-15-18;19-17-13-7-12-16(14-8-3-1-4-9-14)18(17)15-10-5-2-6-11-15/h1-2,4-7,10-13,18H,3,8-9,14-15H2;7,12-15H,1-6,8-11,19H2. The fourth-order valence-electron chi connectivity index (χ4n) is 7.32. The number of benzene rings is 3. The van der Waals surface area contributed by atoms with Gasteiger partial charge in [0.25, 0.3) is 0 Å². The molecule has 3 aromatic carbocycles. The topological polar surface area (TPSA) is 0 Å². The molecule has 0 aromatic heterocycles. The second-order valence-electron chi connectivity index (χ2n) is 11.9. The van der Waals surface area contributed by atoms with E-state index in [-0.39, 0.29) is 7.92 Å². The number of rotatable bonds is 5. The lowest BCUT2D eigenvalue weighted by atomic mass is 9.76. The van der Waals surface area contributed by atoms with Crippen molar-refractivity contribution in [3.63, 3.8) is 0 Å². The molecule has 0 spiro atoms. The van der Waals surface area contributed by atoms with Gasteiger partial charge < -0.3 is 0 Å². The van der Waals surface area contributed by atoms with Gasteiger partial charge in [-0.25, -0.2) is 0 Å². The minimum absolute atomic E-state index is 0.169. The Hall–Kier alpha value is -1.48. The molecule has 3 fully saturated rings. The van der Waals surface area contributed by atoms with E-state index < -0.39 is 0 Å². The normalized spacial score (nSPS) is 19.6. The summed E-state index contributed by atoms with van der Waals surface area (Å²) in [5.74, 6) is 1.70. The van der Waals surface area contributed by atoms with Crippen molar-refractivity contribution in [3.8, 4) is 0 Å². The van der Waals surface area contributed by atoms with Crippen LogP contribution in [-0.2, 0) is 0 Å². The van der Waals surface area contributed by atoms with Crippen LogP contribution in [0.3, 0.4) is 0 Å². The Morgan fingerprint density at radius 1 is 0.474 bits per heavy atom. The van der Waals surface area contributed by atoms with E-state index >= 15 is 0 Å². The second kappa shape index (κ2) is 14.8. The average Bonchev–Trinajstić information content (AvgIpc) is 3.00. The highest BCUT2D eigenvalue weighted by atomic mass is 31.1. The molecule has 0 radical (unpaired) electrons. The Bertz CT molecular complexity index is 1040. The van der Waals surface area contributed by atoms with E-state index in [1.165, 1.54) is 102 Å². The molecule has 0 heterocycles. The van der Waals surface area contributed by atoms with Gasteiger partial charge in [0.05, 0.1) is 0 Å². The molecule has 0 nitrogen and oxygen atoms in total. The maximum atomic E-state index is 3.01. The summed E-state index contributed by atoms with van der Waals surface area (Å²) in [5.41, 5.74) is 4.31. The highest BCUT2D eigenvalue weighted by Gasteiger charge is 2.26. The zero-order chi connectivity index (χ0) is 26.0. The first kappa shape index (κ1) is 28.1. The number of hydrogen-bond donors (Lipinski definition) is 0. The van der Waals surface area contributed by atoms with Crippen molar-refractivity contribution in [1.29, 1.82) is 0 Å². The molecular weight excluding hydrogens is 494 g/mol. The van der Waals surface area contributed by atoms with Gasteiger partial charge in [0.2, 0.25) is 0 Å². The molecule has 1 atom stereocenters. The van der Waals surface area contributed by atoms with Crippen molar-refractivity contribution in [1.82, 2.24) is 0 Å².